The van der Waals surface area contributed by atoms with Crippen molar-refractivity contribution in [2.75, 3.05) is 6.61 Å². The van der Waals surface area contributed by atoms with E-state index in [0.717, 1.165) is 0 Å². The van der Waals surface area contributed by atoms with Crippen LogP contribution in [0, 0.1) is 0 Å². The van der Waals surface area contributed by atoms with Crippen molar-refractivity contribution in [1.29, 1.82) is 0 Å². The van der Waals surface area contributed by atoms with Crippen molar-refractivity contribution >= 4 is 7.12 Å². The lowest BCUT2D eigenvalue weighted by Gasteiger charge is -2.25. The molecule has 0 bridgehead atoms. The number of hydrogen-bond acceptors (Lipinski definition) is 4. The highest BCUT2D eigenvalue weighted by Gasteiger charge is 2.30. The van der Waals surface area contributed by atoms with Crippen LogP contribution in [0.2, 0.25) is 0 Å². The lowest BCUT2D eigenvalue weighted by molar-refractivity contribution is 0.115. The second-order valence-corrected chi connectivity index (χ2v) is 2.83. The molecule has 0 amide bonds. The molecule has 1 heterocycles. The molecule has 4 nitrogen and oxygen atoms in total. The summed E-state index contributed by atoms with van der Waals surface area (Å²) in [5.74, 6) is 1.19. The number of fused-ring (bicyclic) bond motifs is 1. The van der Waals surface area contributed by atoms with Crippen LogP contribution in [0.25, 0.3) is 0 Å². The predicted octanol–water partition coefficient (Wildman–Crippen LogP) is -0.162. The maximum atomic E-state index is 8.85. The van der Waals surface area contributed by atoms with Crippen molar-refractivity contribution < 1.29 is 19.5 Å². The van der Waals surface area contributed by atoms with E-state index < -0.39 is 13.1 Å². The summed E-state index contributed by atoms with van der Waals surface area (Å²) in [5, 5.41) is 17.7. The van der Waals surface area contributed by atoms with Gasteiger partial charge in [-0.15, -0.1) is 0 Å². The van der Waals surface area contributed by atoms with E-state index in [1.54, 1.807) is 18.2 Å². The number of ether oxygens (including phenoxy) is 2. The third-order valence-corrected chi connectivity index (χ3v) is 1.86. The summed E-state index contributed by atoms with van der Waals surface area (Å²) >= 11 is 0. The minimum Gasteiger partial charge on any atom is -0.486 e. The molecule has 13 heavy (non-hydrogen) atoms. The normalized spacial score (nSPS) is 19.7. The molecule has 2 N–H and O–H groups in total. The van der Waals surface area contributed by atoms with Crippen molar-refractivity contribution in [2.45, 2.75) is 6.00 Å². The highest BCUT2D eigenvalue weighted by Crippen LogP contribution is 2.30. The van der Waals surface area contributed by atoms with E-state index >= 15 is 0 Å². The quantitative estimate of drug-likeness (QED) is 0.589. The van der Waals surface area contributed by atoms with Gasteiger partial charge >= 0.3 is 7.12 Å². The summed E-state index contributed by atoms with van der Waals surface area (Å²) in [6.45, 7) is 0.161. The summed E-state index contributed by atoms with van der Waals surface area (Å²) in [4.78, 5) is 0. The fourth-order valence-corrected chi connectivity index (χ4v) is 1.18. The molecule has 0 aliphatic carbocycles. The molecular formula is C8H9BO4. The Balaban J connectivity index is 2.20. The first-order valence-electron chi connectivity index (χ1n) is 4.02. The molecule has 2 rings (SSSR count). The SMILES string of the molecule is OB(O)C1COc2ccccc2O1. The third-order valence-electron chi connectivity index (χ3n) is 1.86. The lowest BCUT2D eigenvalue weighted by Crippen LogP contribution is -2.43. The van der Waals surface area contributed by atoms with Gasteiger partial charge in [0.1, 0.15) is 6.61 Å². The third kappa shape index (κ3) is 1.61. The van der Waals surface area contributed by atoms with Crippen molar-refractivity contribution in [2.24, 2.45) is 0 Å². The Morgan fingerprint density at radius 3 is 2.62 bits per heavy atom. The standard InChI is InChI=1S/C8H9BO4/c10-9(11)8-5-12-6-3-1-2-4-7(6)13-8/h1-4,8,10-11H,5H2. The summed E-state index contributed by atoms with van der Waals surface area (Å²) < 4.78 is 10.5. The Kier molecular flexibility index (Phi) is 2.12. The molecule has 0 fully saturated rings. The predicted molar refractivity (Wildman–Crippen MR) is 46.5 cm³/mol. The number of benzene rings is 1. The fraction of sp³-hybridized carbons (Fsp3) is 0.250. The minimum absolute atomic E-state index is 0.161. The molecule has 0 aromatic heterocycles. The Morgan fingerprint density at radius 1 is 1.23 bits per heavy atom. The molecule has 1 aliphatic rings. The molecule has 1 aromatic rings. The Morgan fingerprint density at radius 2 is 1.92 bits per heavy atom. The largest absolute Gasteiger partial charge is 0.499 e. The van der Waals surface area contributed by atoms with Crippen LogP contribution >= 0.6 is 0 Å². The Labute approximate surface area is 75.9 Å². The first-order valence-corrected chi connectivity index (χ1v) is 4.02. The van der Waals surface area contributed by atoms with Crippen LogP contribution in [-0.4, -0.2) is 29.8 Å². The van der Waals surface area contributed by atoms with Crippen LogP contribution in [-0.2, 0) is 0 Å². The zero-order valence-corrected chi connectivity index (χ0v) is 6.88. The number of hydrogen-bond donors (Lipinski definition) is 2. The topological polar surface area (TPSA) is 58.9 Å². The second-order valence-electron chi connectivity index (χ2n) is 2.83. The van der Waals surface area contributed by atoms with Crippen molar-refractivity contribution in [3.8, 4) is 11.5 Å². The summed E-state index contributed by atoms with van der Waals surface area (Å²) in [5.41, 5.74) is 0. The molecule has 1 unspecified atom stereocenters. The maximum Gasteiger partial charge on any atom is 0.499 e. The van der Waals surface area contributed by atoms with Crippen molar-refractivity contribution in [3.63, 3.8) is 0 Å². The van der Waals surface area contributed by atoms with Crippen molar-refractivity contribution in [1.82, 2.24) is 0 Å². The van der Waals surface area contributed by atoms with Gasteiger partial charge in [0.2, 0.25) is 0 Å². The van der Waals surface area contributed by atoms with Gasteiger partial charge < -0.3 is 19.5 Å². The Hall–Kier alpha value is -1.20. The van der Waals surface area contributed by atoms with Crippen LogP contribution in [0.15, 0.2) is 24.3 Å². The van der Waals surface area contributed by atoms with Gasteiger partial charge in [-0.05, 0) is 12.1 Å². The molecule has 5 heteroatoms. The first kappa shape index (κ1) is 8.41. The summed E-state index contributed by atoms with van der Waals surface area (Å²) in [7, 11) is -1.51. The first-order chi connectivity index (χ1) is 6.27. The van der Waals surface area contributed by atoms with E-state index in [1.165, 1.54) is 0 Å². The molecular weight excluding hydrogens is 171 g/mol. The fourth-order valence-electron chi connectivity index (χ4n) is 1.18. The minimum atomic E-state index is -1.51. The van der Waals surface area contributed by atoms with E-state index in [2.05, 4.69) is 0 Å². The molecule has 0 saturated carbocycles. The van der Waals surface area contributed by atoms with Crippen LogP contribution in [0.4, 0.5) is 0 Å². The van der Waals surface area contributed by atoms with Gasteiger partial charge in [-0.1, -0.05) is 12.1 Å². The van der Waals surface area contributed by atoms with E-state index in [1.807, 2.05) is 6.07 Å². The molecule has 1 atom stereocenters. The molecule has 1 aliphatic heterocycles. The summed E-state index contributed by atoms with van der Waals surface area (Å²) in [6.07, 6.45) is 0. The van der Waals surface area contributed by atoms with Gasteiger partial charge in [0.25, 0.3) is 0 Å². The van der Waals surface area contributed by atoms with E-state index in [4.69, 9.17) is 19.5 Å². The summed E-state index contributed by atoms with van der Waals surface area (Å²) in [6, 6.07) is 6.43. The van der Waals surface area contributed by atoms with Gasteiger partial charge in [0.05, 0.1) is 0 Å². The highest BCUT2D eigenvalue weighted by atomic mass is 16.6. The van der Waals surface area contributed by atoms with Crippen LogP contribution in [0.1, 0.15) is 0 Å². The average molecular weight is 180 g/mol. The lowest BCUT2D eigenvalue weighted by atomic mass is 9.82. The van der Waals surface area contributed by atoms with Gasteiger partial charge in [0.15, 0.2) is 17.5 Å². The highest BCUT2D eigenvalue weighted by molar-refractivity contribution is 6.43. The zero-order valence-electron chi connectivity index (χ0n) is 6.88. The van der Waals surface area contributed by atoms with Crippen LogP contribution in [0.5, 0.6) is 11.5 Å². The van der Waals surface area contributed by atoms with Gasteiger partial charge in [-0.25, -0.2) is 0 Å². The second kappa shape index (κ2) is 3.28. The maximum absolute atomic E-state index is 8.85. The van der Waals surface area contributed by atoms with Crippen molar-refractivity contribution in [3.05, 3.63) is 24.3 Å². The smallest absolute Gasteiger partial charge is 0.486 e. The zero-order chi connectivity index (χ0) is 9.26. The molecule has 0 spiro atoms. The Bertz CT molecular complexity index is 302. The average Bonchev–Trinajstić information content (AvgIpc) is 2.17. The molecule has 1 aromatic carbocycles. The monoisotopic (exact) mass is 180 g/mol. The molecule has 0 radical (unpaired) electrons. The van der Waals surface area contributed by atoms with E-state index in [9.17, 15) is 0 Å². The number of rotatable bonds is 1. The van der Waals surface area contributed by atoms with Gasteiger partial charge in [-0.3, -0.25) is 0 Å². The van der Waals surface area contributed by atoms with Gasteiger partial charge in [-0.2, -0.15) is 0 Å². The van der Waals surface area contributed by atoms with Crippen LogP contribution in [0.3, 0.4) is 0 Å². The van der Waals surface area contributed by atoms with Crippen LogP contribution < -0.4 is 9.47 Å². The van der Waals surface area contributed by atoms with E-state index in [0.29, 0.717) is 11.5 Å². The number of para-hydroxylation sites is 2. The molecule has 0 saturated heterocycles. The molecule has 68 valence electrons. The van der Waals surface area contributed by atoms with Gasteiger partial charge in [0, 0.05) is 0 Å². The van der Waals surface area contributed by atoms with E-state index in [-0.39, 0.29) is 6.61 Å².